The Kier molecular flexibility index (Phi) is 6.43. The highest BCUT2D eigenvalue weighted by molar-refractivity contribution is 5.94. The van der Waals surface area contributed by atoms with Crippen LogP contribution in [0.15, 0.2) is 42.5 Å². The summed E-state index contributed by atoms with van der Waals surface area (Å²) < 4.78 is 10.2. The molecule has 138 valence electrons. The van der Waals surface area contributed by atoms with Crippen LogP contribution in [0.1, 0.15) is 12.5 Å². The quantitative estimate of drug-likeness (QED) is 0.584. The Balaban J connectivity index is 2.47. The number of anilines is 3. The third-order valence-electron chi connectivity index (χ3n) is 3.77. The number of nitrogens with zero attached hydrogens (tertiary/aromatic N) is 1. The minimum absolute atomic E-state index is 0.0190. The summed E-state index contributed by atoms with van der Waals surface area (Å²) in [6.07, 6.45) is 0. The number of ether oxygens (including phenoxy) is 2. The number of hydrogen-bond acceptors (Lipinski definition) is 6. The lowest BCUT2D eigenvalue weighted by Gasteiger charge is -2.26. The highest BCUT2D eigenvalue weighted by Gasteiger charge is 2.19. The maximum absolute atomic E-state index is 11.9. The topological polar surface area (TPSA) is 93.9 Å². The van der Waals surface area contributed by atoms with Crippen molar-refractivity contribution in [2.24, 2.45) is 0 Å². The molecule has 7 nitrogen and oxygen atoms in total. The van der Waals surface area contributed by atoms with Crippen LogP contribution < -0.4 is 20.7 Å². The van der Waals surface area contributed by atoms with Gasteiger partial charge < -0.3 is 25.4 Å². The molecule has 1 amide bonds. The van der Waals surface area contributed by atoms with E-state index in [9.17, 15) is 9.59 Å². The predicted molar refractivity (Wildman–Crippen MR) is 101 cm³/mol. The van der Waals surface area contributed by atoms with Gasteiger partial charge in [-0.25, -0.2) is 0 Å². The Morgan fingerprint density at radius 1 is 1.15 bits per heavy atom. The van der Waals surface area contributed by atoms with E-state index in [1.54, 1.807) is 12.1 Å². The first kappa shape index (κ1) is 19.1. The monoisotopic (exact) mass is 357 g/mol. The lowest BCUT2D eigenvalue weighted by atomic mass is 10.1. The standard InChI is InChI=1S/C19H23N3O4/c1-13(23)21-16-10-17(18(25-2)9-15(16)20)22(12-19(24)26-3)11-14-7-5-4-6-8-14/h4-10H,11-12,20H2,1-3H3,(H,21,23). The first-order valence-corrected chi connectivity index (χ1v) is 8.05. The largest absolute Gasteiger partial charge is 0.495 e. The smallest absolute Gasteiger partial charge is 0.325 e. The molecule has 0 saturated carbocycles. The highest BCUT2D eigenvalue weighted by atomic mass is 16.5. The Morgan fingerprint density at radius 2 is 1.85 bits per heavy atom. The summed E-state index contributed by atoms with van der Waals surface area (Å²) in [6, 6.07) is 13.0. The van der Waals surface area contributed by atoms with Crippen LogP contribution in [-0.4, -0.2) is 32.6 Å². The second-order valence-electron chi connectivity index (χ2n) is 5.71. The van der Waals surface area contributed by atoms with Gasteiger partial charge in [0.2, 0.25) is 5.91 Å². The average molecular weight is 357 g/mol. The van der Waals surface area contributed by atoms with Crippen LogP contribution in [0.2, 0.25) is 0 Å². The fourth-order valence-electron chi connectivity index (χ4n) is 2.54. The van der Waals surface area contributed by atoms with E-state index in [2.05, 4.69) is 5.32 Å². The maximum Gasteiger partial charge on any atom is 0.325 e. The molecule has 0 unspecified atom stereocenters. The Labute approximate surface area is 152 Å². The van der Waals surface area contributed by atoms with Crippen LogP contribution in [0.3, 0.4) is 0 Å². The number of rotatable bonds is 7. The van der Waals surface area contributed by atoms with Crippen molar-refractivity contribution >= 4 is 28.9 Å². The van der Waals surface area contributed by atoms with Crippen LogP contribution >= 0.6 is 0 Å². The molecule has 26 heavy (non-hydrogen) atoms. The molecule has 0 heterocycles. The van der Waals surface area contributed by atoms with Crippen molar-refractivity contribution in [3.05, 3.63) is 48.0 Å². The summed E-state index contributed by atoms with van der Waals surface area (Å²) in [4.78, 5) is 25.2. The molecular formula is C19H23N3O4. The van der Waals surface area contributed by atoms with E-state index < -0.39 is 0 Å². The van der Waals surface area contributed by atoms with Gasteiger partial charge in [0.15, 0.2) is 0 Å². The Hall–Kier alpha value is -3.22. The zero-order chi connectivity index (χ0) is 19.1. The van der Waals surface area contributed by atoms with Crippen LogP contribution in [0.4, 0.5) is 17.1 Å². The molecule has 0 aromatic heterocycles. The second kappa shape index (κ2) is 8.75. The molecule has 0 aliphatic carbocycles. The zero-order valence-electron chi connectivity index (χ0n) is 15.1. The van der Waals surface area contributed by atoms with E-state index in [0.717, 1.165) is 5.56 Å². The molecule has 7 heteroatoms. The minimum atomic E-state index is -0.388. The van der Waals surface area contributed by atoms with Crippen molar-refractivity contribution in [3.63, 3.8) is 0 Å². The molecular weight excluding hydrogens is 334 g/mol. The fourth-order valence-corrected chi connectivity index (χ4v) is 2.54. The third-order valence-corrected chi connectivity index (χ3v) is 3.77. The first-order valence-electron chi connectivity index (χ1n) is 8.05. The molecule has 2 rings (SSSR count). The van der Waals surface area contributed by atoms with Gasteiger partial charge in [0.1, 0.15) is 12.3 Å². The predicted octanol–water partition coefficient (Wildman–Crippen LogP) is 2.42. The van der Waals surface area contributed by atoms with Crippen molar-refractivity contribution in [3.8, 4) is 5.75 Å². The lowest BCUT2D eigenvalue weighted by Crippen LogP contribution is -2.30. The van der Waals surface area contributed by atoms with E-state index in [-0.39, 0.29) is 18.4 Å². The number of hydrogen-bond donors (Lipinski definition) is 2. The first-order chi connectivity index (χ1) is 12.4. The number of carbonyl (C=O) groups is 2. The summed E-state index contributed by atoms with van der Waals surface area (Å²) in [5, 5.41) is 2.69. The summed E-state index contributed by atoms with van der Waals surface area (Å²) in [6.45, 7) is 1.88. The zero-order valence-corrected chi connectivity index (χ0v) is 15.1. The number of nitrogen functional groups attached to an aromatic ring is 1. The van der Waals surface area contributed by atoms with Gasteiger partial charge in [0, 0.05) is 19.5 Å². The number of nitrogens with two attached hydrogens (primary N) is 1. The summed E-state index contributed by atoms with van der Waals surface area (Å²) in [5.41, 5.74) is 8.45. The Bertz CT molecular complexity index is 778. The molecule has 0 saturated heterocycles. The molecule has 3 N–H and O–H groups in total. The van der Waals surface area contributed by atoms with E-state index in [1.807, 2.05) is 35.2 Å². The van der Waals surface area contributed by atoms with E-state index in [1.165, 1.54) is 21.1 Å². The van der Waals surface area contributed by atoms with E-state index in [0.29, 0.717) is 29.4 Å². The van der Waals surface area contributed by atoms with Crippen LogP contribution in [0, 0.1) is 0 Å². The Morgan fingerprint density at radius 3 is 2.42 bits per heavy atom. The lowest BCUT2D eigenvalue weighted by molar-refractivity contribution is -0.139. The van der Waals surface area contributed by atoms with Crippen molar-refractivity contribution < 1.29 is 19.1 Å². The van der Waals surface area contributed by atoms with Crippen LogP contribution in [0.25, 0.3) is 0 Å². The molecule has 0 fully saturated rings. The van der Waals surface area contributed by atoms with Gasteiger partial charge in [-0.05, 0) is 11.6 Å². The van der Waals surface area contributed by atoms with Crippen LogP contribution in [-0.2, 0) is 20.9 Å². The summed E-state index contributed by atoms with van der Waals surface area (Å²) in [7, 11) is 2.86. The van der Waals surface area contributed by atoms with Gasteiger partial charge >= 0.3 is 5.97 Å². The highest BCUT2D eigenvalue weighted by Crippen LogP contribution is 2.36. The molecule has 0 aliphatic heterocycles. The van der Waals surface area contributed by atoms with Crippen molar-refractivity contribution in [1.29, 1.82) is 0 Å². The number of amides is 1. The van der Waals surface area contributed by atoms with Crippen LogP contribution in [0.5, 0.6) is 5.75 Å². The molecule has 0 radical (unpaired) electrons. The van der Waals surface area contributed by atoms with Crippen molar-refractivity contribution in [2.45, 2.75) is 13.5 Å². The summed E-state index contributed by atoms with van der Waals surface area (Å²) in [5.74, 6) is -0.132. The molecule has 0 atom stereocenters. The molecule has 0 bridgehead atoms. The van der Waals surface area contributed by atoms with Gasteiger partial charge in [-0.3, -0.25) is 9.59 Å². The number of methoxy groups -OCH3 is 2. The summed E-state index contributed by atoms with van der Waals surface area (Å²) >= 11 is 0. The van der Waals surface area contributed by atoms with Crippen molar-refractivity contribution in [1.82, 2.24) is 0 Å². The molecule has 2 aromatic carbocycles. The maximum atomic E-state index is 11.9. The van der Waals surface area contributed by atoms with E-state index >= 15 is 0 Å². The number of esters is 1. The molecule has 0 aliphatic rings. The number of nitrogens with one attached hydrogen (secondary N) is 1. The molecule has 0 spiro atoms. The third kappa shape index (κ3) is 4.89. The number of benzene rings is 2. The van der Waals surface area contributed by atoms with Gasteiger partial charge in [-0.15, -0.1) is 0 Å². The van der Waals surface area contributed by atoms with Crippen molar-refractivity contribution in [2.75, 3.05) is 36.7 Å². The van der Waals surface area contributed by atoms with Gasteiger partial charge in [-0.1, -0.05) is 30.3 Å². The average Bonchev–Trinajstić information content (AvgIpc) is 2.62. The van der Waals surface area contributed by atoms with E-state index in [4.69, 9.17) is 15.2 Å². The second-order valence-corrected chi connectivity index (χ2v) is 5.71. The fraction of sp³-hybridized carbons (Fsp3) is 0.263. The normalized spacial score (nSPS) is 10.1. The van der Waals surface area contributed by atoms with Gasteiger partial charge in [-0.2, -0.15) is 0 Å². The van der Waals surface area contributed by atoms with Gasteiger partial charge in [0.25, 0.3) is 0 Å². The van der Waals surface area contributed by atoms with Gasteiger partial charge in [0.05, 0.1) is 31.3 Å². The minimum Gasteiger partial charge on any atom is -0.495 e. The SMILES string of the molecule is COC(=O)CN(Cc1ccccc1)c1cc(NC(C)=O)c(N)cc1OC. The number of carbonyl (C=O) groups excluding carboxylic acids is 2. The molecule has 2 aromatic rings.